The van der Waals surface area contributed by atoms with Gasteiger partial charge < -0.3 is 0 Å². The van der Waals surface area contributed by atoms with Gasteiger partial charge in [-0.3, -0.25) is 14.9 Å². The summed E-state index contributed by atoms with van der Waals surface area (Å²) in [4.78, 5) is 23.1. The van der Waals surface area contributed by atoms with Gasteiger partial charge in [0.2, 0.25) is 0 Å². The molecule has 1 heterocycles. The van der Waals surface area contributed by atoms with Gasteiger partial charge in [0.25, 0.3) is 11.6 Å². The number of non-ortho nitro benzene ring substituents is 1. The molecule has 0 bridgehead atoms. The van der Waals surface area contributed by atoms with Gasteiger partial charge in [0.1, 0.15) is 0 Å². The second kappa shape index (κ2) is 6.58. The fourth-order valence-corrected chi connectivity index (χ4v) is 2.66. The van der Waals surface area contributed by atoms with Gasteiger partial charge in [-0.25, -0.2) is 5.01 Å². The number of benzene rings is 2. The Morgan fingerprint density at radius 2 is 1.85 bits per heavy atom. The first kappa shape index (κ1) is 17.6. The van der Waals surface area contributed by atoms with Gasteiger partial charge in [-0.2, -0.15) is 18.3 Å². The van der Waals surface area contributed by atoms with Crippen molar-refractivity contribution in [3.8, 4) is 0 Å². The third-order valence-corrected chi connectivity index (χ3v) is 3.97. The molecule has 3 rings (SSSR count). The minimum atomic E-state index is -4.47. The second-order valence-corrected chi connectivity index (χ2v) is 5.63. The molecule has 0 spiro atoms. The van der Waals surface area contributed by atoms with Crippen LogP contribution in [0.5, 0.6) is 0 Å². The van der Waals surface area contributed by atoms with Gasteiger partial charge in [0.05, 0.1) is 22.1 Å². The van der Waals surface area contributed by atoms with Crippen molar-refractivity contribution < 1.29 is 22.9 Å². The van der Waals surface area contributed by atoms with Crippen molar-refractivity contribution in [2.24, 2.45) is 5.10 Å². The Balaban J connectivity index is 1.88. The molecule has 1 aliphatic heterocycles. The highest BCUT2D eigenvalue weighted by Crippen LogP contribution is 2.33. The molecule has 26 heavy (non-hydrogen) atoms. The zero-order valence-corrected chi connectivity index (χ0v) is 13.2. The molecule has 0 aliphatic carbocycles. The topological polar surface area (TPSA) is 75.8 Å². The number of carbonyl (C=O) groups excluding carboxylic acids is 1. The summed E-state index contributed by atoms with van der Waals surface area (Å²) in [6.07, 6.45) is -2.76. The summed E-state index contributed by atoms with van der Waals surface area (Å²) in [5, 5.41) is 15.9. The molecule has 0 aromatic heterocycles. The van der Waals surface area contributed by atoms with Gasteiger partial charge in [-0.15, -0.1) is 0 Å². The number of amides is 1. The number of rotatable bonds is 3. The number of nitrogens with zero attached hydrogens (tertiary/aromatic N) is 3. The normalized spacial score (nSPS) is 17.4. The van der Waals surface area contributed by atoms with E-state index in [9.17, 15) is 28.1 Å². The lowest BCUT2D eigenvalue weighted by Crippen LogP contribution is -2.34. The maximum absolute atomic E-state index is 12.7. The number of alkyl halides is 3. The first-order valence-corrected chi connectivity index (χ1v) is 7.55. The van der Waals surface area contributed by atoms with E-state index in [2.05, 4.69) is 5.10 Å². The minimum Gasteiger partial charge on any atom is -0.272 e. The van der Waals surface area contributed by atoms with E-state index in [1.807, 2.05) is 0 Å². The van der Waals surface area contributed by atoms with Gasteiger partial charge in [-0.05, 0) is 29.8 Å². The Morgan fingerprint density at radius 3 is 2.46 bits per heavy atom. The van der Waals surface area contributed by atoms with Crippen LogP contribution in [-0.4, -0.2) is 17.0 Å². The number of halogens is 3. The van der Waals surface area contributed by atoms with Crippen LogP contribution in [0, 0.1) is 10.1 Å². The van der Waals surface area contributed by atoms with E-state index >= 15 is 0 Å². The van der Waals surface area contributed by atoms with Crippen molar-refractivity contribution in [3.05, 3.63) is 69.8 Å². The van der Waals surface area contributed by atoms with Crippen molar-refractivity contribution in [2.75, 3.05) is 5.01 Å². The van der Waals surface area contributed by atoms with E-state index in [0.717, 1.165) is 29.3 Å². The Bertz CT molecular complexity index is 879. The number of carbonyl (C=O) groups is 1. The molecule has 0 N–H and O–H groups in total. The predicted molar refractivity (Wildman–Crippen MR) is 87.9 cm³/mol. The summed E-state index contributed by atoms with van der Waals surface area (Å²) in [5.74, 6) is -1.16. The third-order valence-electron chi connectivity index (χ3n) is 3.97. The number of nitro groups is 1. The standard InChI is InChI=1S/C17H12F3N3O3/c18-17(19,20)12-4-6-13(7-5-12)22-16(24)15(8-9-21-22)11-2-1-3-14(10-11)23(25)26/h1-7,9-10,15H,8H2. The minimum absolute atomic E-state index is 0.140. The summed E-state index contributed by atoms with van der Waals surface area (Å²) in [6.45, 7) is 0. The second-order valence-electron chi connectivity index (χ2n) is 5.63. The van der Waals surface area contributed by atoms with Crippen molar-refractivity contribution in [1.82, 2.24) is 0 Å². The van der Waals surface area contributed by atoms with E-state index in [1.54, 1.807) is 6.07 Å². The lowest BCUT2D eigenvalue weighted by atomic mass is 9.93. The Kier molecular flexibility index (Phi) is 4.45. The molecule has 0 fully saturated rings. The van der Waals surface area contributed by atoms with Crippen LogP contribution in [0.4, 0.5) is 24.5 Å². The van der Waals surface area contributed by atoms with Gasteiger partial charge in [0, 0.05) is 24.8 Å². The summed E-state index contributed by atoms with van der Waals surface area (Å²) in [7, 11) is 0. The molecule has 1 atom stereocenters. The molecule has 9 heteroatoms. The fraction of sp³-hybridized carbons (Fsp3) is 0.176. The van der Waals surface area contributed by atoms with E-state index in [1.165, 1.54) is 24.4 Å². The number of anilines is 1. The van der Waals surface area contributed by atoms with E-state index < -0.39 is 28.5 Å². The fourth-order valence-electron chi connectivity index (χ4n) is 2.66. The zero-order chi connectivity index (χ0) is 18.9. The molecule has 6 nitrogen and oxygen atoms in total. The first-order chi connectivity index (χ1) is 12.3. The van der Waals surface area contributed by atoms with Gasteiger partial charge in [-0.1, -0.05) is 12.1 Å². The van der Waals surface area contributed by atoms with Crippen LogP contribution in [0.1, 0.15) is 23.5 Å². The van der Waals surface area contributed by atoms with Crippen LogP contribution >= 0.6 is 0 Å². The SMILES string of the molecule is O=C1C(c2cccc([N+](=O)[O-])c2)CC=NN1c1ccc(C(F)(F)F)cc1. The zero-order valence-electron chi connectivity index (χ0n) is 13.2. The molecule has 0 radical (unpaired) electrons. The highest BCUT2D eigenvalue weighted by atomic mass is 19.4. The largest absolute Gasteiger partial charge is 0.416 e. The summed E-state index contributed by atoms with van der Waals surface area (Å²) in [6, 6.07) is 9.77. The van der Waals surface area contributed by atoms with E-state index in [0.29, 0.717) is 5.56 Å². The quantitative estimate of drug-likeness (QED) is 0.608. The summed E-state index contributed by atoms with van der Waals surface area (Å²) >= 11 is 0. The van der Waals surface area contributed by atoms with Crippen molar-refractivity contribution in [3.63, 3.8) is 0 Å². The molecule has 2 aromatic carbocycles. The van der Waals surface area contributed by atoms with Gasteiger partial charge in [0.15, 0.2) is 0 Å². The smallest absolute Gasteiger partial charge is 0.272 e. The van der Waals surface area contributed by atoms with Crippen LogP contribution in [0.2, 0.25) is 0 Å². The molecule has 134 valence electrons. The van der Waals surface area contributed by atoms with Crippen molar-refractivity contribution in [2.45, 2.75) is 18.5 Å². The summed E-state index contributed by atoms with van der Waals surface area (Å²) in [5.41, 5.74) is -0.328. The highest BCUT2D eigenvalue weighted by Gasteiger charge is 2.32. The van der Waals surface area contributed by atoms with Crippen LogP contribution in [0.3, 0.4) is 0 Å². The Labute approximate surface area is 145 Å². The molecule has 0 saturated carbocycles. The molecular weight excluding hydrogens is 351 g/mol. The highest BCUT2D eigenvalue weighted by molar-refractivity contribution is 6.01. The summed E-state index contributed by atoms with van der Waals surface area (Å²) < 4.78 is 38.0. The molecule has 1 aliphatic rings. The average molecular weight is 363 g/mol. The molecule has 1 amide bonds. The van der Waals surface area contributed by atoms with Crippen LogP contribution in [0.15, 0.2) is 53.6 Å². The average Bonchev–Trinajstić information content (AvgIpc) is 2.61. The third kappa shape index (κ3) is 3.41. The van der Waals surface area contributed by atoms with E-state index in [4.69, 9.17) is 0 Å². The molecule has 0 saturated heterocycles. The Hall–Kier alpha value is -3.23. The Morgan fingerprint density at radius 1 is 1.15 bits per heavy atom. The van der Waals surface area contributed by atoms with Crippen LogP contribution < -0.4 is 5.01 Å². The maximum atomic E-state index is 12.7. The van der Waals surface area contributed by atoms with E-state index in [-0.39, 0.29) is 17.8 Å². The number of hydrogen-bond donors (Lipinski definition) is 0. The molecular formula is C17H12F3N3O3. The van der Waals surface area contributed by atoms with Crippen LogP contribution in [-0.2, 0) is 11.0 Å². The first-order valence-electron chi connectivity index (χ1n) is 7.55. The van der Waals surface area contributed by atoms with Crippen molar-refractivity contribution >= 4 is 23.5 Å². The maximum Gasteiger partial charge on any atom is 0.416 e. The number of hydrazone groups is 1. The van der Waals surface area contributed by atoms with Crippen LogP contribution in [0.25, 0.3) is 0 Å². The molecule has 2 aromatic rings. The molecule has 1 unspecified atom stereocenters. The lowest BCUT2D eigenvalue weighted by molar-refractivity contribution is -0.384. The number of nitro benzene ring substituents is 1. The van der Waals surface area contributed by atoms with Crippen molar-refractivity contribution in [1.29, 1.82) is 0 Å². The van der Waals surface area contributed by atoms with Gasteiger partial charge >= 0.3 is 6.18 Å². The lowest BCUT2D eigenvalue weighted by Gasteiger charge is -2.26. The monoisotopic (exact) mass is 363 g/mol. The number of hydrogen-bond acceptors (Lipinski definition) is 4. The predicted octanol–water partition coefficient (Wildman–Crippen LogP) is 4.12.